The summed E-state index contributed by atoms with van der Waals surface area (Å²) in [5.41, 5.74) is 4.12. The molecule has 0 radical (unpaired) electrons. The summed E-state index contributed by atoms with van der Waals surface area (Å²) in [6.45, 7) is 2.78. The number of amides is 1. The Morgan fingerprint density at radius 1 is 0.968 bits per heavy atom. The number of pyridine rings is 1. The Morgan fingerprint density at radius 3 is 2.32 bits per heavy atom. The highest BCUT2D eigenvalue weighted by molar-refractivity contribution is 8.14. The van der Waals surface area contributed by atoms with Gasteiger partial charge in [0.25, 0.3) is 0 Å². The maximum Gasteiger partial charge on any atom is 0.302 e. The minimum Gasteiger partial charge on any atom is -0.497 e. The highest BCUT2D eigenvalue weighted by atomic mass is 32.2. The van der Waals surface area contributed by atoms with Gasteiger partial charge in [0.05, 0.1) is 21.3 Å². The molecule has 1 aromatic carbocycles. The maximum absolute atomic E-state index is 12.8. The molecule has 166 valence electrons. The van der Waals surface area contributed by atoms with Gasteiger partial charge in [-0.25, -0.2) is 4.98 Å². The van der Waals surface area contributed by atoms with Gasteiger partial charge in [-0.3, -0.25) is 4.79 Å². The van der Waals surface area contributed by atoms with Crippen LogP contribution in [0.1, 0.15) is 17.7 Å². The number of hydrogen-bond acceptors (Lipinski definition) is 8. The molecule has 9 heteroatoms. The summed E-state index contributed by atoms with van der Waals surface area (Å²) in [6.07, 6.45) is 3.13. The second-order valence-corrected chi connectivity index (χ2v) is 8.28. The van der Waals surface area contributed by atoms with Crippen LogP contribution in [-0.4, -0.2) is 62.6 Å². The van der Waals surface area contributed by atoms with Gasteiger partial charge in [-0.15, -0.1) is 0 Å². The molecule has 0 bridgehead atoms. The van der Waals surface area contributed by atoms with Gasteiger partial charge in [-0.2, -0.15) is 0 Å². The predicted molar refractivity (Wildman–Crippen MR) is 123 cm³/mol. The Labute approximate surface area is 187 Å². The van der Waals surface area contributed by atoms with Crippen LogP contribution in [0.4, 0.5) is 16.2 Å². The normalized spacial score (nSPS) is 15.5. The van der Waals surface area contributed by atoms with Gasteiger partial charge < -0.3 is 28.7 Å². The van der Waals surface area contributed by atoms with Crippen LogP contribution in [0.25, 0.3) is 0 Å². The number of fused-ring (bicyclic) bond motifs is 1. The lowest BCUT2D eigenvalue weighted by Gasteiger charge is -2.36. The molecule has 1 aliphatic carbocycles. The zero-order chi connectivity index (χ0) is 21.8. The third-order valence-corrected chi connectivity index (χ3v) is 6.45. The van der Waals surface area contributed by atoms with Crippen LogP contribution in [0.2, 0.25) is 0 Å². The molecule has 2 aliphatic rings. The molecule has 0 unspecified atom stereocenters. The molecule has 1 aliphatic heterocycles. The number of methoxy groups -OCH3 is 3. The zero-order valence-corrected chi connectivity index (χ0v) is 19.0. The summed E-state index contributed by atoms with van der Waals surface area (Å²) >= 11 is 1.08. The average molecular weight is 445 g/mol. The Bertz CT molecular complexity index is 925. The first-order valence-electron chi connectivity index (χ1n) is 10.4. The van der Waals surface area contributed by atoms with Crippen molar-refractivity contribution in [1.29, 1.82) is 0 Å². The van der Waals surface area contributed by atoms with Crippen molar-refractivity contribution in [2.45, 2.75) is 19.3 Å². The number of aromatic nitrogens is 1. The number of hydrogen-bond donors (Lipinski definition) is 1. The van der Waals surface area contributed by atoms with E-state index in [4.69, 9.17) is 14.2 Å². The van der Waals surface area contributed by atoms with Crippen molar-refractivity contribution >= 4 is 28.6 Å². The summed E-state index contributed by atoms with van der Waals surface area (Å²) in [7, 11) is 4.89. The van der Waals surface area contributed by atoms with Gasteiger partial charge in [0, 0.05) is 67.7 Å². The zero-order valence-electron chi connectivity index (χ0n) is 18.1. The van der Waals surface area contributed by atoms with Gasteiger partial charge in [0.1, 0.15) is 17.2 Å². The number of nitrogens with one attached hydrogen (secondary N) is 1. The smallest absolute Gasteiger partial charge is 0.302 e. The van der Waals surface area contributed by atoms with Gasteiger partial charge in [-0.1, -0.05) is 0 Å². The minimum atomic E-state index is -0.00887. The van der Waals surface area contributed by atoms with E-state index in [2.05, 4.69) is 20.7 Å². The molecular formula is C22H28N4O4S. The first kappa shape index (κ1) is 21.4. The molecule has 0 saturated carbocycles. The Morgan fingerprint density at radius 2 is 1.68 bits per heavy atom. The monoisotopic (exact) mass is 444 g/mol. The molecule has 2 heterocycles. The van der Waals surface area contributed by atoms with Crippen molar-refractivity contribution in [2.75, 3.05) is 57.1 Å². The molecule has 2 aromatic rings. The predicted octanol–water partition coefficient (Wildman–Crippen LogP) is 3.60. The summed E-state index contributed by atoms with van der Waals surface area (Å²) in [5.74, 6) is 2.05. The van der Waals surface area contributed by atoms with Crippen LogP contribution in [0.3, 0.4) is 0 Å². The number of nitrogens with zero attached hydrogens (tertiary/aromatic N) is 3. The van der Waals surface area contributed by atoms with E-state index in [0.29, 0.717) is 19.0 Å². The van der Waals surface area contributed by atoms with Gasteiger partial charge in [0.15, 0.2) is 0 Å². The van der Waals surface area contributed by atoms with E-state index in [-0.39, 0.29) is 5.24 Å². The molecule has 0 spiro atoms. The topological polar surface area (TPSA) is 76.2 Å². The van der Waals surface area contributed by atoms with Crippen LogP contribution < -0.4 is 23.8 Å². The van der Waals surface area contributed by atoms with Gasteiger partial charge in [0.2, 0.25) is 5.88 Å². The first-order valence-corrected chi connectivity index (χ1v) is 11.2. The van der Waals surface area contributed by atoms with E-state index in [1.54, 1.807) is 21.3 Å². The lowest BCUT2D eigenvalue weighted by molar-refractivity contribution is 0.219. The quantitative estimate of drug-likeness (QED) is 0.678. The van der Waals surface area contributed by atoms with E-state index in [9.17, 15) is 4.79 Å². The van der Waals surface area contributed by atoms with E-state index in [1.165, 1.54) is 5.56 Å². The molecule has 8 nitrogen and oxygen atoms in total. The van der Waals surface area contributed by atoms with E-state index < -0.39 is 0 Å². The van der Waals surface area contributed by atoms with Crippen LogP contribution in [0.5, 0.6) is 17.4 Å². The third kappa shape index (κ3) is 4.76. The van der Waals surface area contributed by atoms with Crippen molar-refractivity contribution < 1.29 is 19.0 Å². The summed E-state index contributed by atoms with van der Waals surface area (Å²) in [4.78, 5) is 21.4. The van der Waals surface area contributed by atoms with Crippen LogP contribution in [-0.2, 0) is 12.8 Å². The van der Waals surface area contributed by atoms with Crippen LogP contribution in [0.15, 0.2) is 24.3 Å². The SMILES string of the molecule is COc1cc(OC)cc(N2CCN(C(=O)SNc3cc4c(nc3OC)CCC4)CC2)c1. The number of carbonyl (C=O) groups is 1. The second kappa shape index (κ2) is 9.55. The maximum atomic E-state index is 12.8. The molecule has 0 atom stereocenters. The Balaban J connectivity index is 1.34. The van der Waals surface area contributed by atoms with Crippen molar-refractivity contribution in [3.05, 3.63) is 35.5 Å². The summed E-state index contributed by atoms with van der Waals surface area (Å²) < 4.78 is 19.3. The first-order chi connectivity index (χ1) is 15.1. The average Bonchev–Trinajstić information content (AvgIpc) is 3.28. The summed E-state index contributed by atoms with van der Waals surface area (Å²) in [5, 5.41) is -0.00887. The van der Waals surface area contributed by atoms with E-state index >= 15 is 0 Å². The van der Waals surface area contributed by atoms with Crippen molar-refractivity contribution in [1.82, 2.24) is 9.88 Å². The lowest BCUT2D eigenvalue weighted by atomic mass is 10.2. The fraction of sp³-hybridized carbons (Fsp3) is 0.455. The molecule has 31 heavy (non-hydrogen) atoms. The number of ether oxygens (including phenoxy) is 3. The fourth-order valence-electron chi connectivity index (χ4n) is 3.97. The molecule has 1 fully saturated rings. The summed E-state index contributed by atoms with van der Waals surface area (Å²) in [6, 6.07) is 7.89. The van der Waals surface area contributed by atoms with Gasteiger partial charge in [-0.05, 0) is 30.9 Å². The number of benzene rings is 1. The number of anilines is 2. The standard InChI is InChI=1S/C22H28N4O4S/c1-28-17-12-16(13-18(14-17)29-2)25-7-9-26(10-8-25)22(27)31-24-20-11-15-5-4-6-19(15)23-21(20)30-3/h11-14,24H,4-10H2,1-3H3. The van der Waals surface area contributed by atoms with Crippen LogP contribution >= 0.6 is 11.9 Å². The molecule has 1 N–H and O–H groups in total. The second-order valence-electron chi connectivity index (χ2n) is 7.52. The molecule has 4 rings (SSSR count). The van der Waals surface area contributed by atoms with Crippen molar-refractivity contribution in [3.8, 4) is 17.4 Å². The molecule has 1 amide bonds. The molecule has 1 aromatic heterocycles. The largest absolute Gasteiger partial charge is 0.497 e. The van der Waals surface area contributed by atoms with E-state index in [0.717, 1.165) is 72.9 Å². The van der Waals surface area contributed by atoms with Gasteiger partial charge >= 0.3 is 5.24 Å². The molecule has 1 saturated heterocycles. The number of carbonyl (C=O) groups excluding carboxylic acids is 1. The van der Waals surface area contributed by atoms with Crippen molar-refractivity contribution in [3.63, 3.8) is 0 Å². The van der Waals surface area contributed by atoms with Crippen molar-refractivity contribution in [2.24, 2.45) is 0 Å². The number of rotatable bonds is 6. The fourth-order valence-corrected chi connectivity index (χ4v) is 4.62. The minimum absolute atomic E-state index is 0.00887. The highest BCUT2D eigenvalue weighted by Gasteiger charge is 2.24. The third-order valence-electron chi connectivity index (χ3n) is 5.70. The Kier molecular flexibility index (Phi) is 6.60. The lowest BCUT2D eigenvalue weighted by Crippen LogP contribution is -2.47. The molecular weight excluding hydrogens is 416 g/mol. The van der Waals surface area contributed by atoms with E-state index in [1.807, 2.05) is 23.1 Å². The highest BCUT2D eigenvalue weighted by Crippen LogP contribution is 2.32. The Hall–Kier alpha value is -2.81. The number of piperazine rings is 1. The number of aryl methyl sites for hydroxylation is 2. The van der Waals surface area contributed by atoms with Crippen LogP contribution in [0, 0.1) is 0 Å².